The highest BCUT2D eigenvalue weighted by molar-refractivity contribution is 5.94. The normalized spacial score (nSPS) is 10.8. The summed E-state index contributed by atoms with van der Waals surface area (Å²) in [6.45, 7) is 4.09. The van der Waals surface area contributed by atoms with E-state index < -0.39 is 23.1 Å². The van der Waals surface area contributed by atoms with E-state index in [1.165, 1.54) is 0 Å². The van der Waals surface area contributed by atoms with Crippen LogP contribution in [0.5, 0.6) is 0 Å². The number of halogens is 3. The number of hydrogen-bond donors (Lipinski definition) is 2. The first-order valence-corrected chi connectivity index (χ1v) is 5.95. The van der Waals surface area contributed by atoms with E-state index in [9.17, 15) is 13.6 Å². The zero-order chi connectivity index (χ0) is 13.8. The van der Waals surface area contributed by atoms with Gasteiger partial charge in [-0.05, 0) is 25.0 Å². The van der Waals surface area contributed by atoms with Crippen molar-refractivity contribution in [3.63, 3.8) is 0 Å². The van der Waals surface area contributed by atoms with Crippen molar-refractivity contribution in [2.75, 3.05) is 6.54 Å². The lowest BCUT2D eigenvalue weighted by Crippen LogP contribution is -2.52. The van der Waals surface area contributed by atoms with E-state index in [-0.39, 0.29) is 24.5 Å². The molecule has 0 aliphatic carbocycles. The van der Waals surface area contributed by atoms with Gasteiger partial charge >= 0.3 is 0 Å². The number of carbonyl (C=O) groups is 1. The fraction of sp³-hybridized carbons (Fsp3) is 0.462. The predicted molar refractivity (Wildman–Crippen MR) is 73.4 cm³/mol. The predicted octanol–water partition coefficient (Wildman–Crippen LogP) is 2.63. The number of carbonyl (C=O) groups excluding carboxylic acids is 1. The fourth-order valence-corrected chi connectivity index (χ4v) is 1.76. The molecule has 3 N–H and O–H groups in total. The Hall–Kier alpha value is -1.20. The quantitative estimate of drug-likeness (QED) is 0.876. The van der Waals surface area contributed by atoms with Crippen LogP contribution in [-0.4, -0.2) is 18.0 Å². The van der Waals surface area contributed by atoms with Crippen LogP contribution in [0.1, 0.15) is 37.0 Å². The highest BCUT2D eigenvalue weighted by Gasteiger charge is 2.27. The minimum atomic E-state index is -0.772. The van der Waals surface area contributed by atoms with Gasteiger partial charge in [-0.3, -0.25) is 4.79 Å². The van der Waals surface area contributed by atoms with E-state index in [0.717, 1.165) is 18.2 Å². The highest BCUT2D eigenvalue weighted by Crippen LogP contribution is 2.15. The Morgan fingerprint density at radius 1 is 1.21 bits per heavy atom. The van der Waals surface area contributed by atoms with Gasteiger partial charge in [-0.1, -0.05) is 13.8 Å². The molecular formula is C13H19ClF2N2O. The van der Waals surface area contributed by atoms with Crippen LogP contribution in [-0.2, 0) is 0 Å². The maximum absolute atomic E-state index is 13.0. The maximum Gasteiger partial charge on any atom is 0.251 e. The number of nitrogens with two attached hydrogens (primary N) is 1. The summed E-state index contributed by atoms with van der Waals surface area (Å²) in [5.74, 6) is -2.06. The van der Waals surface area contributed by atoms with Crippen molar-refractivity contribution in [2.45, 2.75) is 32.2 Å². The molecule has 1 aromatic rings. The Balaban J connectivity index is 0.00000324. The molecule has 108 valence electrons. The average molecular weight is 293 g/mol. The summed E-state index contributed by atoms with van der Waals surface area (Å²) in [5.41, 5.74) is 5.09. The first-order valence-electron chi connectivity index (χ1n) is 5.95. The van der Waals surface area contributed by atoms with Crippen molar-refractivity contribution in [3.05, 3.63) is 35.4 Å². The summed E-state index contributed by atoms with van der Waals surface area (Å²) in [7, 11) is 0. The maximum atomic E-state index is 13.0. The molecule has 0 fully saturated rings. The summed E-state index contributed by atoms with van der Waals surface area (Å²) in [6, 6.07) is 2.74. The number of benzene rings is 1. The molecule has 0 atom stereocenters. The van der Waals surface area contributed by atoms with E-state index in [0.29, 0.717) is 12.8 Å². The average Bonchev–Trinajstić information content (AvgIpc) is 2.35. The standard InChI is InChI=1S/C13H18F2N2O.ClH/c1-3-13(4-2,8-16)17-12(18)9-5-10(14)7-11(15)6-9;/h5-7H,3-4,8,16H2,1-2H3,(H,17,18);1H. The zero-order valence-corrected chi connectivity index (χ0v) is 11.8. The number of hydrogen-bond acceptors (Lipinski definition) is 2. The largest absolute Gasteiger partial charge is 0.345 e. The molecule has 0 saturated heterocycles. The molecule has 3 nitrogen and oxygen atoms in total. The Kier molecular flexibility index (Phi) is 6.94. The van der Waals surface area contributed by atoms with Gasteiger partial charge in [0.2, 0.25) is 0 Å². The second-order valence-corrected chi connectivity index (χ2v) is 4.30. The Morgan fingerprint density at radius 3 is 2.05 bits per heavy atom. The van der Waals surface area contributed by atoms with Crippen LogP contribution in [0.4, 0.5) is 8.78 Å². The second-order valence-electron chi connectivity index (χ2n) is 4.30. The smallest absolute Gasteiger partial charge is 0.251 e. The molecule has 0 aliphatic heterocycles. The van der Waals surface area contributed by atoms with Gasteiger partial charge in [0.25, 0.3) is 5.91 Å². The molecule has 0 radical (unpaired) electrons. The van der Waals surface area contributed by atoms with Crippen molar-refractivity contribution in [3.8, 4) is 0 Å². The minimum absolute atomic E-state index is 0. The van der Waals surface area contributed by atoms with Gasteiger partial charge in [0, 0.05) is 18.2 Å². The lowest BCUT2D eigenvalue weighted by molar-refractivity contribution is 0.0894. The van der Waals surface area contributed by atoms with Crippen molar-refractivity contribution in [1.82, 2.24) is 5.32 Å². The van der Waals surface area contributed by atoms with E-state index in [2.05, 4.69) is 5.32 Å². The van der Waals surface area contributed by atoms with Gasteiger partial charge in [-0.15, -0.1) is 12.4 Å². The molecule has 0 heterocycles. The molecule has 6 heteroatoms. The number of nitrogens with one attached hydrogen (secondary N) is 1. The van der Waals surface area contributed by atoms with E-state index in [1.54, 1.807) is 0 Å². The van der Waals surface area contributed by atoms with Crippen LogP contribution >= 0.6 is 12.4 Å². The first-order chi connectivity index (χ1) is 8.46. The van der Waals surface area contributed by atoms with E-state index >= 15 is 0 Å². The zero-order valence-electron chi connectivity index (χ0n) is 11.0. The highest BCUT2D eigenvalue weighted by atomic mass is 35.5. The molecule has 0 saturated carbocycles. The molecule has 0 aliphatic rings. The van der Waals surface area contributed by atoms with Crippen LogP contribution in [0.2, 0.25) is 0 Å². The molecule has 0 aromatic heterocycles. The van der Waals surface area contributed by atoms with Crippen LogP contribution in [0.25, 0.3) is 0 Å². The molecule has 19 heavy (non-hydrogen) atoms. The molecule has 0 bridgehead atoms. The van der Waals surface area contributed by atoms with Gasteiger partial charge in [0.15, 0.2) is 0 Å². The summed E-state index contributed by atoms with van der Waals surface area (Å²) >= 11 is 0. The molecule has 0 spiro atoms. The van der Waals surface area contributed by atoms with Gasteiger partial charge in [-0.25, -0.2) is 8.78 Å². The molecular weight excluding hydrogens is 274 g/mol. The topological polar surface area (TPSA) is 55.1 Å². The van der Waals surface area contributed by atoms with E-state index in [4.69, 9.17) is 5.73 Å². The summed E-state index contributed by atoms with van der Waals surface area (Å²) in [5, 5.41) is 2.75. The van der Waals surface area contributed by atoms with Gasteiger partial charge < -0.3 is 11.1 Å². The molecule has 1 aromatic carbocycles. The van der Waals surface area contributed by atoms with Gasteiger partial charge in [-0.2, -0.15) is 0 Å². The van der Waals surface area contributed by atoms with Crippen LogP contribution < -0.4 is 11.1 Å². The summed E-state index contributed by atoms with van der Waals surface area (Å²) in [6.07, 6.45) is 1.31. The summed E-state index contributed by atoms with van der Waals surface area (Å²) in [4.78, 5) is 11.9. The lowest BCUT2D eigenvalue weighted by atomic mass is 9.92. The third kappa shape index (κ3) is 4.44. The van der Waals surface area contributed by atoms with Crippen LogP contribution in [0, 0.1) is 11.6 Å². The third-order valence-corrected chi connectivity index (χ3v) is 3.25. The number of rotatable bonds is 5. The van der Waals surface area contributed by atoms with E-state index in [1.807, 2.05) is 13.8 Å². The lowest BCUT2D eigenvalue weighted by Gasteiger charge is -2.31. The van der Waals surface area contributed by atoms with Crippen molar-refractivity contribution in [2.24, 2.45) is 5.73 Å². The van der Waals surface area contributed by atoms with Crippen molar-refractivity contribution in [1.29, 1.82) is 0 Å². The van der Waals surface area contributed by atoms with Crippen molar-refractivity contribution < 1.29 is 13.6 Å². The van der Waals surface area contributed by atoms with Crippen LogP contribution in [0.15, 0.2) is 18.2 Å². The Bertz CT molecular complexity index is 408. The second kappa shape index (κ2) is 7.40. The van der Waals surface area contributed by atoms with Crippen LogP contribution in [0.3, 0.4) is 0 Å². The summed E-state index contributed by atoms with van der Waals surface area (Å²) < 4.78 is 26.0. The Labute approximate surface area is 118 Å². The SMILES string of the molecule is CCC(CC)(CN)NC(=O)c1cc(F)cc(F)c1.Cl. The van der Waals surface area contributed by atoms with Crippen molar-refractivity contribution >= 4 is 18.3 Å². The molecule has 0 unspecified atom stereocenters. The number of amides is 1. The van der Waals surface area contributed by atoms with Gasteiger partial charge in [0.1, 0.15) is 11.6 Å². The monoisotopic (exact) mass is 292 g/mol. The fourth-order valence-electron chi connectivity index (χ4n) is 1.76. The molecule has 1 rings (SSSR count). The first kappa shape index (κ1) is 17.8. The minimum Gasteiger partial charge on any atom is -0.345 e. The molecule has 1 amide bonds. The third-order valence-electron chi connectivity index (χ3n) is 3.25. The Morgan fingerprint density at radius 2 is 1.68 bits per heavy atom. The van der Waals surface area contributed by atoms with Gasteiger partial charge in [0.05, 0.1) is 5.54 Å².